The highest BCUT2D eigenvalue weighted by atomic mass is 19.1. The van der Waals surface area contributed by atoms with Crippen LogP contribution in [0.1, 0.15) is 5.56 Å². The van der Waals surface area contributed by atoms with Gasteiger partial charge in [0, 0.05) is 24.2 Å². The SMILES string of the molecule is O=[N+]([O-])c1ccc(F)cc1NCc1ccc(O)c(O)c1O. The Morgan fingerprint density at radius 1 is 1.14 bits per heavy atom. The Balaban J connectivity index is 2.26. The molecule has 0 heterocycles. The number of anilines is 1. The Labute approximate surface area is 118 Å². The van der Waals surface area contributed by atoms with E-state index in [2.05, 4.69) is 5.32 Å². The molecule has 0 saturated heterocycles. The number of aromatic hydroxyl groups is 3. The highest BCUT2D eigenvalue weighted by molar-refractivity contribution is 5.62. The molecular formula is C13H11FN2O5. The summed E-state index contributed by atoms with van der Waals surface area (Å²) in [5.74, 6) is -2.39. The predicted molar refractivity (Wildman–Crippen MR) is 71.8 cm³/mol. The summed E-state index contributed by atoms with van der Waals surface area (Å²) < 4.78 is 13.1. The van der Waals surface area contributed by atoms with Crippen molar-refractivity contribution in [1.29, 1.82) is 0 Å². The molecule has 0 radical (unpaired) electrons. The molecule has 2 aromatic rings. The molecule has 8 heteroatoms. The maximum Gasteiger partial charge on any atom is 0.292 e. The van der Waals surface area contributed by atoms with Crippen LogP contribution in [-0.4, -0.2) is 20.2 Å². The molecule has 0 spiro atoms. The van der Waals surface area contributed by atoms with E-state index in [9.17, 15) is 29.8 Å². The second-order valence-electron chi connectivity index (χ2n) is 4.21. The standard InChI is InChI=1S/C13H11FN2O5/c14-8-2-3-10(16(20)21)9(5-8)15-6-7-1-4-11(17)13(19)12(7)18/h1-5,15,17-19H,6H2. The molecule has 0 bridgehead atoms. The molecule has 0 aromatic heterocycles. The van der Waals surface area contributed by atoms with Gasteiger partial charge in [-0.2, -0.15) is 0 Å². The molecule has 2 aromatic carbocycles. The molecule has 0 unspecified atom stereocenters. The minimum absolute atomic E-state index is 0.0630. The number of benzene rings is 2. The smallest absolute Gasteiger partial charge is 0.292 e. The van der Waals surface area contributed by atoms with Crippen LogP contribution in [-0.2, 0) is 6.54 Å². The third-order valence-corrected chi connectivity index (χ3v) is 2.84. The van der Waals surface area contributed by atoms with Gasteiger partial charge in [0.1, 0.15) is 11.5 Å². The summed E-state index contributed by atoms with van der Waals surface area (Å²) >= 11 is 0. The molecule has 7 nitrogen and oxygen atoms in total. The van der Waals surface area contributed by atoms with Crippen molar-refractivity contribution < 1.29 is 24.6 Å². The van der Waals surface area contributed by atoms with Crippen molar-refractivity contribution in [3.63, 3.8) is 0 Å². The van der Waals surface area contributed by atoms with Crippen LogP contribution in [0.2, 0.25) is 0 Å². The van der Waals surface area contributed by atoms with E-state index >= 15 is 0 Å². The average Bonchev–Trinajstić information content (AvgIpc) is 2.44. The number of rotatable bonds is 4. The summed E-state index contributed by atoms with van der Waals surface area (Å²) in [5.41, 5.74) is -0.199. The number of nitrogens with zero attached hydrogens (tertiary/aromatic N) is 1. The van der Waals surface area contributed by atoms with Crippen molar-refractivity contribution in [1.82, 2.24) is 0 Å². The normalized spacial score (nSPS) is 10.3. The maximum absolute atomic E-state index is 13.1. The molecule has 0 aliphatic carbocycles. The first-order chi connectivity index (χ1) is 9.90. The third-order valence-electron chi connectivity index (χ3n) is 2.84. The number of nitro benzene ring substituents is 1. The summed E-state index contributed by atoms with van der Waals surface area (Å²) in [6, 6.07) is 5.42. The van der Waals surface area contributed by atoms with Crippen LogP contribution in [0.3, 0.4) is 0 Å². The van der Waals surface area contributed by atoms with Gasteiger partial charge in [0.15, 0.2) is 11.5 Å². The van der Waals surface area contributed by atoms with Gasteiger partial charge in [-0.15, -0.1) is 0 Å². The van der Waals surface area contributed by atoms with E-state index < -0.39 is 28.0 Å². The second kappa shape index (κ2) is 5.53. The lowest BCUT2D eigenvalue weighted by molar-refractivity contribution is -0.384. The molecule has 110 valence electrons. The zero-order valence-corrected chi connectivity index (χ0v) is 10.6. The van der Waals surface area contributed by atoms with Crippen LogP contribution in [0, 0.1) is 15.9 Å². The minimum Gasteiger partial charge on any atom is -0.504 e. The van der Waals surface area contributed by atoms with Crippen LogP contribution >= 0.6 is 0 Å². The Hall–Kier alpha value is -3.03. The molecule has 21 heavy (non-hydrogen) atoms. The van der Waals surface area contributed by atoms with Crippen LogP contribution in [0.4, 0.5) is 15.8 Å². The number of phenols is 3. The number of nitro groups is 1. The molecule has 2 rings (SSSR count). The van der Waals surface area contributed by atoms with E-state index in [-0.39, 0.29) is 23.5 Å². The van der Waals surface area contributed by atoms with Gasteiger partial charge < -0.3 is 20.6 Å². The van der Waals surface area contributed by atoms with E-state index in [0.29, 0.717) is 0 Å². The van der Waals surface area contributed by atoms with Crippen molar-refractivity contribution in [3.05, 3.63) is 51.8 Å². The first kappa shape index (κ1) is 14.4. The molecular weight excluding hydrogens is 283 g/mol. The minimum atomic E-state index is -0.692. The lowest BCUT2D eigenvalue weighted by Gasteiger charge is -2.10. The van der Waals surface area contributed by atoms with Gasteiger partial charge in [-0.25, -0.2) is 4.39 Å². The molecule has 0 aliphatic heterocycles. The quantitative estimate of drug-likeness (QED) is 0.391. The van der Waals surface area contributed by atoms with E-state index in [4.69, 9.17) is 0 Å². The van der Waals surface area contributed by atoms with Crippen molar-refractivity contribution >= 4 is 11.4 Å². The van der Waals surface area contributed by atoms with Gasteiger partial charge in [-0.1, -0.05) is 0 Å². The monoisotopic (exact) mass is 294 g/mol. The number of hydrogen-bond acceptors (Lipinski definition) is 6. The summed E-state index contributed by atoms with van der Waals surface area (Å²) in [6.45, 7) is -0.107. The van der Waals surface area contributed by atoms with Gasteiger partial charge in [0.25, 0.3) is 5.69 Å². The Bertz CT molecular complexity index is 705. The van der Waals surface area contributed by atoms with E-state index in [1.165, 1.54) is 6.07 Å². The molecule has 0 atom stereocenters. The van der Waals surface area contributed by atoms with Gasteiger partial charge in [-0.3, -0.25) is 10.1 Å². The average molecular weight is 294 g/mol. The van der Waals surface area contributed by atoms with Gasteiger partial charge in [-0.05, 0) is 18.2 Å². The molecule has 4 N–H and O–H groups in total. The fourth-order valence-corrected chi connectivity index (χ4v) is 1.75. The molecule has 0 amide bonds. The van der Waals surface area contributed by atoms with Crippen molar-refractivity contribution in [2.75, 3.05) is 5.32 Å². The Kier molecular flexibility index (Phi) is 3.79. The van der Waals surface area contributed by atoms with Crippen LogP contribution in [0.25, 0.3) is 0 Å². The zero-order valence-electron chi connectivity index (χ0n) is 10.6. The summed E-state index contributed by atoms with van der Waals surface area (Å²) in [5, 5.41) is 41.6. The first-order valence-electron chi connectivity index (χ1n) is 5.80. The lowest BCUT2D eigenvalue weighted by atomic mass is 10.1. The van der Waals surface area contributed by atoms with Crippen molar-refractivity contribution in [2.24, 2.45) is 0 Å². The van der Waals surface area contributed by atoms with Crippen LogP contribution < -0.4 is 5.32 Å². The zero-order chi connectivity index (χ0) is 15.6. The molecule has 0 saturated carbocycles. The number of halogens is 1. The second-order valence-corrected chi connectivity index (χ2v) is 4.21. The van der Waals surface area contributed by atoms with Gasteiger partial charge in [0.05, 0.1) is 4.92 Å². The predicted octanol–water partition coefficient (Wildman–Crippen LogP) is 2.46. The third kappa shape index (κ3) is 2.94. The van der Waals surface area contributed by atoms with Crippen molar-refractivity contribution in [3.8, 4) is 17.2 Å². The highest BCUT2D eigenvalue weighted by Gasteiger charge is 2.16. The van der Waals surface area contributed by atoms with Gasteiger partial charge >= 0.3 is 0 Å². The lowest BCUT2D eigenvalue weighted by Crippen LogP contribution is -2.03. The number of phenolic OH excluding ortho intramolecular Hbond substituents is 3. The molecule has 0 aliphatic rings. The summed E-state index contributed by atoms with van der Waals surface area (Å²) in [6.07, 6.45) is 0. The number of hydrogen-bond donors (Lipinski definition) is 4. The van der Waals surface area contributed by atoms with Gasteiger partial charge in [0.2, 0.25) is 5.75 Å². The van der Waals surface area contributed by atoms with E-state index in [1.807, 2.05) is 0 Å². The summed E-state index contributed by atoms with van der Waals surface area (Å²) in [4.78, 5) is 10.2. The Morgan fingerprint density at radius 2 is 1.86 bits per heavy atom. The first-order valence-corrected chi connectivity index (χ1v) is 5.80. The van der Waals surface area contributed by atoms with Crippen LogP contribution in [0.5, 0.6) is 17.2 Å². The highest BCUT2D eigenvalue weighted by Crippen LogP contribution is 2.37. The van der Waals surface area contributed by atoms with E-state index in [0.717, 1.165) is 24.3 Å². The fourth-order valence-electron chi connectivity index (χ4n) is 1.75. The summed E-state index contributed by atoms with van der Waals surface area (Å²) in [7, 11) is 0. The Morgan fingerprint density at radius 3 is 2.52 bits per heavy atom. The van der Waals surface area contributed by atoms with Crippen LogP contribution in [0.15, 0.2) is 30.3 Å². The molecule has 0 fully saturated rings. The number of nitrogens with one attached hydrogen (secondary N) is 1. The largest absolute Gasteiger partial charge is 0.504 e. The van der Waals surface area contributed by atoms with E-state index in [1.54, 1.807) is 0 Å². The van der Waals surface area contributed by atoms with Crippen molar-refractivity contribution in [2.45, 2.75) is 6.54 Å². The topological polar surface area (TPSA) is 116 Å². The fraction of sp³-hybridized carbons (Fsp3) is 0.0769. The maximum atomic E-state index is 13.1.